The monoisotopic (exact) mass is 997 g/mol. The summed E-state index contributed by atoms with van der Waals surface area (Å²) < 4.78 is 37.8. The van der Waals surface area contributed by atoms with Crippen LogP contribution in [-0.2, 0) is 44.4 Å². The maximum Gasteiger partial charge on any atom is 0.311 e. The first-order valence-electron chi connectivity index (χ1n) is 25.1. The van der Waals surface area contributed by atoms with Crippen molar-refractivity contribution in [3.05, 3.63) is 39.9 Å². The lowest BCUT2D eigenvalue weighted by Gasteiger charge is -2.47. The number of ether oxygens (including phenoxy) is 6. The number of carbonyl (C=O) groups excluding carboxylic acids is 2. The summed E-state index contributed by atoms with van der Waals surface area (Å²) in [5.74, 6) is -2.59. The lowest BCUT2D eigenvalue weighted by atomic mass is 9.83. The average Bonchev–Trinajstić information content (AvgIpc) is 4.07. The maximum atomic E-state index is 14.3. The van der Waals surface area contributed by atoms with E-state index in [4.69, 9.17) is 28.4 Å². The quantitative estimate of drug-likeness (QED) is 0.0755. The van der Waals surface area contributed by atoms with Gasteiger partial charge in [-0.2, -0.15) is 0 Å². The summed E-state index contributed by atoms with van der Waals surface area (Å²) >= 11 is 0. The van der Waals surface area contributed by atoms with Crippen molar-refractivity contribution < 1.29 is 73.6 Å². The summed E-state index contributed by atoms with van der Waals surface area (Å²) in [7, 11) is 5.16. The van der Waals surface area contributed by atoms with E-state index in [2.05, 4.69) is 5.32 Å². The van der Waals surface area contributed by atoms with Crippen LogP contribution in [0, 0.1) is 33.8 Å². The van der Waals surface area contributed by atoms with Gasteiger partial charge >= 0.3 is 5.97 Å². The number of nitro benzene ring substituents is 1. The van der Waals surface area contributed by atoms with E-state index in [-0.39, 0.29) is 61.6 Å². The first-order valence-corrected chi connectivity index (χ1v) is 25.1. The fourth-order valence-electron chi connectivity index (χ4n) is 10.9. The number of benzene rings is 1. The van der Waals surface area contributed by atoms with Crippen molar-refractivity contribution in [3.8, 4) is 0 Å². The predicted molar refractivity (Wildman–Crippen MR) is 256 cm³/mol. The number of nitro groups is 1. The number of rotatable bonds is 15. The van der Waals surface area contributed by atoms with Crippen molar-refractivity contribution in [2.45, 2.75) is 204 Å². The van der Waals surface area contributed by atoms with Gasteiger partial charge in [-0.25, -0.2) is 0 Å². The van der Waals surface area contributed by atoms with E-state index in [1.807, 2.05) is 37.7 Å². The van der Waals surface area contributed by atoms with Gasteiger partial charge in [-0.15, -0.1) is 0 Å². The number of cyclic esters (lactones) is 1. The molecule has 4 aliphatic rings. The number of nitrogens with zero attached hydrogens (tertiary/aromatic N) is 3. The molecule has 1 amide bonds. The number of non-ortho nitro benzene ring substituents is 1. The van der Waals surface area contributed by atoms with Crippen LogP contribution in [0.1, 0.15) is 106 Å². The number of hydrogen-bond acceptors (Lipinski definition) is 18. The third-order valence-electron chi connectivity index (χ3n) is 15.7. The zero-order valence-corrected chi connectivity index (χ0v) is 43.3. The standard InChI is InChI=1S/C50H84N4O16/c1-13-39-50(9,62)43(57)30(5)52(10)24-27(2)22-48(7,61)40(21-38(29(4)46(60)69-39)68-41-23-49(8,65-12)44(58)31(6)67-41)70-47-42(56)37(18-28(3)66-47)53(11)25-33-20-36(33)45(59)51-34(26-55)19-32-14-16-35(17-15-32)54(63)64/h14-17,27-31,33-34,36-44,47,55-58,61-62H,13,18-26H2,1-12H3,(H,51,59)/t27-,28-,29-,30-,31+,33+,34+,36-,37?,38+,39-,40-,41+,42-,43-,44+,47+,48-,49-,50-/m1/s1. The van der Waals surface area contributed by atoms with E-state index >= 15 is 0 Å². The highest BCUT2D eigenvalue weighted by Crippen LogP contribution is 2.42. The highest BCUT2D eigenvalue weighted by atomic mass is 16.7. The van der Waals surface area contributed by atoms with Crippen molar-refractivity contribution in [3.63, 3.8) is 0 Å². The topological polar surface area (TPSA) is 273 Å². The number of aliphatic hydroxyl groups is 6. The number of nitrogens with one attached hydrogen (secondary N) is 1. The number of aliphatic hydroxyl groups excluding tert-OH is 4. The Bertz CT molecular complexity index is 1880. The zero-order chi connectivity index (χ0) is 52.2. The Morgan fingerprint density at radius 1 is 1.00 bits per heavy atom. The molecule has 0 radical (unpaired) electrons. The summed E-state index contributed by atoms with van der Waals surface area (Å²) in [4.78, 5) is 42.2. The van der Waals surface area contributed by atoms with Crippen LogP contribution in [0.3, 0.4) is 0 Å². The van der Waals surface area contributed by atoms with Gasteiger partial charge in [0.05, 0.1) is 59.1 Å². The fourth-order valence-corrected chi connectivity index (χ4v) is 10.9. The third-order valence-corrected chi connectivity index (χ3v) is 15.7. The van der Waals surface area contributed by atoms with Crippen molar-refractivity contribution in [1.82, 2.24) is 15.1 Å². The van der Waals surface area contributed by atoms with E-state index in [0.29, 0.717) is 32.4 Å². The van der Waals surface area contributed by atoms with Crippen LogP contribution in [0.5, 0.6) is 0 Å². The van der Waals surface area contributed by atoms with Gasteiger partial charge in [0, 0.05) is 63.2 Å². The lowest BCUT2D eigenvalue weighted by Crippen LogP contribution is -2.59. The maximum absolute atomic E-state index is 14.3. The van der Waals surface area contributed by atoms with Crippen LogP contribution in [0.2, 0.25) is 0 Å². The fraction of sp³-hybridized carbons (Fsp3) is 0.840. The summed E-state index contributed by atoms with van der Waals surface area (Å²) in [6.07, 6.45) is -8.66. The normalized spacial score (nSPS) is 42.0. The second-order valence-electron chi connectivity index (χ2n) is 21.8. The van der Waals surface area contributed by atoms with Crippen LogP contribution in [0.4, 0.5) is 5.69 Å². The summed E-state index contributed by atoms with van der Waals surface area (Å²) in [5.41, 5.74) is -3.89. The summed E-state index contributed by atoms with van der Waals surface area (Å²) in [6, 6.07) is 4.31. The smallest absolute Gasteiger partial charge is 0.311 e. The molecular weight excluding hydrogens is 913 g/mol. The molecule has 7 N–H and O–H groups in total. The molecule has 3 aliphatic heterocycles. The minimum atomic E-state index is -1.85. The van der Waals surface area contributed by atoms with Gasteiger partial charge in [0.2, 0.25) is 5.91 Å². The Balaban J connectivity index is 1.38. The van der Waals surface area contributed by atoms with Gasteiger partial charge in [-0.05, 0) is 112 Å². The molecule has 20 atom stereocenters. The Hall–Kier alpha value is -2.96. The van der Waals surface area contributed by atoms with Crippen LogP contribution in [-0.4, -0.2) is 194 Å². The van der Waals surface area contributed by atoms with Gasteiger partial charge in [0.25, 0.3) is 5.69 Å². The van der Waals surface area contributed by atoms with Crippen LogP contribution >= 0.6 is 0 Å². The first-order chi connectivity index (χ1) is 32.7. The Kier molecular flexibility index (Phi) is 19.8. The Morgan fingerprint density at radius 2 is 1.66 bits per heavy atom. The molecule has 3 heterocycles. The van der Waals surface area contributed by atoms with Gasteiger partial charge in [0.15, 0.2) is 12.6 Å². The molecule has 20 heteroatoms. The van der Waals surface area contributed by atoms with Crippen molar-refractivity contribution in [2.75, 3.05) is 40.9 Å². The summed E-state index contributed by atoms with van der Waals surface area (Å²) in [6.45, 7) is 16.0. The molecule has 400 valence electrons. The highest BCUT2D eigenvalue weighted by molar-refractivity contribution is 5.82. The van der Waals surface area contributed by atoms with Crippen molar-refractivity contribution >= 4 is 17.6 Å². The molecule has 1 saturated carbocycles. The van der Waals surface area contributed by atoms with E-state index in [9.17, 15) is 50.3 Å². The number of hydrogen-bond donors (Lipinski definition) is 7. The summed E-state index contributed by atoms with van der Waals surface area (Å²) in [5, 5.41) is 83.3. The molecule has 1 aromatic carbocycles. The van der Waals surface area contributed by atoms with Crippen LogP contribution < -0.4 is 5.32 Å². The largest absolute Gasteiger partial charge is 0.459 e. The van der Waals surface area contributed by atoms with Crippen molar-refractivity contribution in [1.29, 1.82) is 0 Å². The molecule has 3 saturated heterocycles. The van der Waals surface area contributed by atoms with Gasteiger partial charge in [0.1, 0.15) is 30.0 Å². The van der Waals surface area contributed by atoms with Crippen molar-refractivity contribution in [2.24, 2.45) is 23.7 Å². The van der Waals surface area contributed by atoms with E-state index in [1.54, 1.807) is 53.7 Å². The molecule has 0 bridgehead atoms. The molecule has 0 aromatic heterocycles. The molecule has 4 fully saturated rings. The molecule has 70 heavy (non-hydrogen) atoms. The molecule has 1 unspecified atom stereocenters. The minimum absolute atomic E-state index is 0.0395. The van der Waals surface area contributed by atoms with Crippen LogP contribution in [0.25, 0.3) is 0 Å². The Morgan fingerprint density at radius 3 is 2.26 bits per heavy atom. The third kappa shape index (κ3) is 14.0. The Labute approximate surface area is 413 Å². The molecule has 0 spiro atoms. The molecule has 5 rings (SSSR count). The van der Waals surface area contributed by atoms with Gasteiger partial charge in [-0.1, -0.05) is 26.0 Å². The average molecular weight is 997 g/mol. The number of carbonyl (C=O) groups is 2. The van der Waals surface area contributed by atoms with E-state index in [1.165, 1.54) is 26.2 Å². The van der Waals surface area contributed by atoms with Gasteiger partial charge < -0.3 is 74.2 Å². The van der Waals surface area contributed by atoms with E-state index < -0.39 is 113 Å². The highest BCUT2D eigenvalue weighted by Gasteiger charge is 2.52. The SMILES string of the molecule is CC[C@H]1OC(=O)[C@H](C)[C@@H](O[C@H]2C[C@@](C)(OC)[C@@H](O)[C@H](C)O2)C[C@@H](O[C@@H]2O[C@H](C)CC(N(C)C[C@@H]3C[C@H]3C(=O)N[C@H](CO)Cc3ccc([N+](=O)[O-])cc3)[C@H]2O)[C@](C)(O)C[C@@H](C)CN(C)[C@H](C)[C@@H](O)[C@]1(C)O. The number of methoxy groups -OCH3 is 1. The van der Waals surface area contributed by atoms with Crippen LogP contribution in [0.15, 0.2) is 24.3 Å². The minimum Gasteiger partial charge on any atom is -0.459 e. The first kappa shape index (κ1) is 57.9. The zero-order valence-electron chi connectivity index (χ0n) is 43.3. The van der Waals surface area contributed by atoms with E-state index in [0.717, 1.165) is 5.56 Å². The second-order valence-corrected chi connectivity index (χ2v) is 21.8. The number of likely N-dealkylation sites (N-methyl/N-ethyl adjacent to an activating group) is 2. The molecule has 1 aliphatic carbocycles. The molecule has 1 aromatic rings. The van der Waals surface area contributed by atoms with Gasteiger partial charge in [-0.3, -0.25) is 19.7 Å². The second kappa shape index (κ2) is 23.9. The number of amides is 1. The molecular formula is C50H84N4O16. The predicted octanol–water partition coefficient (Wildman–Crippen LogP) is 2.29. The lowest BCUT2D eigenvalue weighted by molar-refractivity contribution is -0.384. The number of esters is 1. The molecule has 20 nitrogen and oxygen atoms in total.